The molecule has 0 saturated carbocycles. The molecule has 0 atom stereocenters. The van der Waals surface area contributed by atoms with Crippen molar-refractivity contribution in [1.82, 2.24) is 9.66 Å². The average molecular weight is 589 g/mol. The number of halogens is 1. The summed E-state index contributed by atoms with van der Waals surface area (Å²) in [7, 11) is 1.51. The van der Waals surface area contributed by atoms with Crippen LogP contribution in [0.1, 0.15) is 43.4 Å². The first-order chi connectivity index (χ1) is 18.8. The summed E-state index contributed by atoms with van der Waals surface area (Å²) in [6.45, 7) is 8.48. The Balaban J connectivity index is 1.98. The van der Waals surface area contributed by atoms with Crippen LogP contribution in [-0.4, -0.2) is 36.2 Å². The molecule has 0 aliphatic heterocycles. The van der Waals surface area contributed by atoms with Crippen molar-refractivity contribution in [3.8, 4) is 34.7 Å². The van der Waals surface area contributed by atoms with Crippen LogP contribution in [0.3, 0.4) is 0 Å². The molecule has 0 radical (unpaired) electrons. The Morgan fingerprint density at radius 2 is 1.92 bits per heavy atom. The van der Waals surface area contributed by atoms with E-state index >= 15 is 0 Å². The maximum Gasteiger partial charge on any atom is 0.282 e. The number of aromatic nitrogens is 2. The molecule has 39 heavy (non-hydrogen) atoms. The van der Waals surface area contributed by atoms with Gasteiger partial charge < -0.3 is 14.2 Å². The monoisotopic (exact) mass is 588 g/mol. The molecule has 1 heterocycles. The van der Waals surface area contributed by atoms with Crippen molar-refractivity contribution in [3.63, 3.8) is 0 Å². The van der Waals surface area contributed by atoms with Crippen molar-refractivity contribution in [1.29, 1.82) is 5.26 Å². The van der Waals surface area contributed by atoms with Crippen molar-refractivity contribution >= 4 is 33.0 Å². The highest BCUT2D eigenvalue weighted by Crippen LogP contribution is 2.36. The Kier molecular flexibility index (Phi) is 8.67. The molecular formula is C30H29BrN4O4. The largest absolute Gasteiger partial charge is 0.494 e. The van der Waals surface area contributed by atoms with Crippen molar-refractivity contribution in [2.45, 2.75) is 33.6 Å². The van der Waals surface area contributed by atoms with Gasteiger partial charge in [-0.1, -0.05) is 41.9 Å². The van der Waals surface area contributed by atoms with Crippen molar-refractivity contribution in [3.05, 3.63) is 80.0 Å². The Morgan fingerprint density at radius 1 is 1.15 bits per heavy atom. The summed E-state index contributed by atoms with van der Waals surface area (Å²) in [5, 5.41) is 14.1. The number of para-hydroxylation sites is 1. The zero-order chi connectivity index (χ0) is 28.1. The highest BCUT2D eigenvalue weighted by Gasteiger charge is 2.19. The quantitative estimate of drug-likeness (QED) is 0.208. The smallest absolute Gasteiger partial charge is 0.282 e. The van der Waals surface area contributed by atoms with Crippen LogP contribution < -0.4 is 19.8 Å². The lowest BCUT2D eigenvalue weighted by molar-refractivity contribution is 0.329. The first kappa shape index (κ1) is 27.9. The Hall–Kier alpha value is -4.16. The number of methoxy groups -OCH3 is 1. The Bertz CT molecular complexity index is 1650. The molecule has 4 rings (SSSR count). The first-order valence-electron chi connectivity index (χ1n) is 12.5. The second-order valence-electron chi connectivity index (χ2n) is 9.08. The van der Waals surface area contributed by atoms with Gasteiger partial charge in [-0.3, -0.25) is 4.79 Å². The highest BCUT2D eigenvalue weighted by molar-refractivity contribution is 9.10. The van der Waals surface area contributed by atoms with Gasteiger partial charge in [0.1, 0.15) is 11.8 Å². The minimum absolute atomic E-state index is 0.176. The fraction of sp³-hybridized carbons (Fsp3) is 0.267. The first-order valence-corrected chi connectivity index (χ1v) is 13.3. The zero-order valence-corrected chi connectivity index (χ0v) is 24.1. The molecule has 0 amide bonds. The molecular weight excluding hydrogens is 560 g/mol. The maximum atomic E-state index is 13.8. The second kappa shape index (κ2) is 12.1. The predicted octanol–water partition coefficient (Wildman–Crippen LogP) is 6.45. The van der Waals surface area contributed by atoms with Crippen molar-refractivity contribution < 1.29 is 14.2 Å². The van der Waals surface area contributed by atoms with Crippen LogP contribution in [0.25, 0.3) is 22.3 Å². The number of rotatable bonds is 9. The second-order valence-corrected chi connectivity index (χ2v) is 10.00. The van der Waals surface area contributed by atoms with E-state index in [9.17, 15) is 4.79 Å². The third kappa shape index (κ3) is 5.81. The number of aryl methyl sites for hydroxylation is 1. The van der Waals surface area contributed by atoms with Crippen LogP contribution in [0, 0.1) is 18.3 Å². The SMILES string of the molecule is CCOc1cc(C)c(-c2nc3ccccc3c(=O)n2N=Cc2cc(Br)cc(OC)c2OCC#N)cc1C(C)C. The summed E-state index contributed by atoms with van der Waals surface area (Å²) in [6.07, 6.45) is 1.51. The molecule has 0 bridgehead atoms. The topological polar surface area (TPSA) is 98.7 Å². The summed E-state index contributed by atoms with van der Waals surface area (Å²) < 4.78 is 19.0. The molecule has 0 unspecified atom stereocenters. The number of hydrogen-bond donors (Lipinski definition) is 0. The molecule has 1 aromatic heterocycles. The third-order valence-electron chi connectivity index (χ3n) is 6.13. The van der Waals surface area contributed by atoms with E-state index in [0.717, 1.165) is 26.9 Å². The summed E-state index contributed by atoms with van der Waals surface area (Å²) in [4.78, 5) is 18.6. The van der Waals surface area contributed by atoms with E-state index in [1.54, 1.807) is 24.3 Å². The van der Waals surface area contributed by atoms with Gasteiger partial charge in [-0.15, -0.1) is 0 Å². The van der Waals surface area contributed by atoms with E-state index in [-0.39, 0.29) is 18.1 Å². The lowest BCUT2D eigenvalue weighted by Gasteiger charge is -2.18. The molecule has 0 spiro atoms. The van der Waals surface area contributed by atoms with E-state index < -0.39 is 0 Å². The van der Waals surface area contributed by atoms with Gasteiger partial charge >= 0.3 is 0 Å². The van der Waals surface area contributed by atoms with Gasteiger partial charge in [0.05, 0.1) is 30.8 Å². The molecule has 0 fully saturated rings. The van der Waals surface area contributed by atoms with E-state index in [1.807, 2.05) is 44.2 Å². The molecule has 8 nitrogen and oxygen atoms in total. The van der Waals surface area contributed by atoms with E-state index in [2.05, 4.69) is 34.9 Å². The van der Waals surface area contributed by atoms with E-state index in [0.29, 0.717) is 40.4 Å². The van der Waals surface area contributed by atoms with Crippen LogP contribution in [0.15, 0.2) is 62.9 Å². The number of benzene rings is 3. The number of nitriles is 1. The third-order valence-corrected chi connectivity index (χ3v) is 6.59. The van der Waals surface area contributed by atoms with Gasteiger partial charge in [0.15, 0.2) is 23.9 Å². The van der Waals surface area contributed by atoms with Gasteiger partial charge in [-0.2, -0.15) is 15.0 Å². The van der Waals surface area contributed by atoms with Crippen molar-refractivity contribution in [2.75, 3.05) is 20.3 Å². The zero-order valence-electron chi connectivity index (χ0n) is 22.5. The van der Waals surface area contributed by atoms with Gasteiger partial charge in [-0.25, -0.2) is 4.98 Å². The molecule has 200 valence electrons. The van der Waals surface area contributed by atoms with E-state index in [4.69, 9.17) is 24.5 Å². The number of fused-ring (bicyclic) bond motifs is 1. The molecule has 0 saturated heterocycles. The van der Waals surface area contributed by atoms with Crippen LogP contribution in [0.4, 0.5) is 0 Å². The molecule has 0 aliphatic rings. The Morgan fingerprint density at radius 3 is 2.62 bits per heavy atom. The van der Waals surface area contributed by atoms with Gasteiger partial charge in [0.25, 0.3) is 5.56 Å². The van der Waals surface area contributed by atoms with E-state index in [1.165, 1.54) is 18.0 Å². The number of nitrogens with zero attached hydrogens (tertiary/aromatic N) is 4. The summed E-state index contributed by atoms with van der Waals surface area (Å²) >= 11 is 3.48. The predicted molar refractivity (Wildman–Crippen MR) is 156 cm³/mol. The minimum atomic E-state index is -0.312. The lowest BCUT2D eigenvalue weighted by atomic mass is 9.96. The number of hydrogen-bond acceptors (Lipinski definition) is 7. The number of ether oxygens (including phenoxy) is 3. The Labute approximate surface area is 235 Å². The van der Waals surface area contributed by atoms with Crippen molar-refractivity contribution in [2.24, 2.45) is 5.10 Å². The highest BCUT2D eigenvalue weighted by atomic mass is 79.9. The maximum absolute atomic E-state index is 13.8. The molecule has 4 aromatic rings. The molecule has 0 N–H and O–H groups in total. The van der Waals surface area contributed by atoms with Gasteiger partial charge in [0, 0.05) is 15.6 Å². The molecule has 3 aromatic carbocycles. The standard InChI is InChI=1S/C30H29BrN4O4/c1-6-38-26-13-19(4)24(16-23(26)18(2)3)29-34-25-10-8-7-9-22(25)30(36)35(29)33-17-20-14-21(31)15-27(37-5)28(20)39-12-11-32/h7-10,13-18H,6,12H2,1-5H3. The average Bonchev–Trinajstić information content (AvgIpc) is 2.91. The van der Waals surface area contributed by atoms with Crippen LogP contribution in [0.5, 0.6) is 17.2 Å². The van der Waals surface area contributed by atoms with Gasteiger partial charge in [-0.05, 0) is 67.3 Å². The van der Waals surface area contributed by atoms with Crippen LogP contribution in [-0.2, 0) is 0 Å². The normalized spacial score (nSPS) is 11.2. The lowest BCUT2D eigenvalue weighted by Crippen LogP contribution is -2.21. The summed E-state index contributed by atoms with van der Waals surface area (Å²) in [6, 6.07) is 16.7. The minimum Gasteiger partial charge on any atom is -0.494 e. The van der Waals surface area contributed by atoms with Crippen LogP contribution in [0.2, 0.25) is 0 Å². The summed E-state index contributed by atoms with van der Waals surface area (Å²) in [5.41, 5.74) is 3.47. The molecule has 0 aliphatic carbocycles. The molecule has 9 heteroatoms. The van der Waals surface area contributed by atoms with Gasteiger partial charge in [0.2, 0.25) is 0 Å². The summed E-state index contributed by atoms with van der Waals surface area (Å²) in [5.74, 6) is 2.17. The van der Waals surface area contributed by atoms with Crippen LogP contribution >= 0.6 is 15.9 Å². The fourth-order valence-corrected chi connectivity index (χ4v) is 4.75. The fourth-order valence-electron chi connectivity index (χ4n) is 4.29.